The van der Waals surface area contributed by atoms with Gasteiger partial charge in [-0.15, -0.1) is 0 Å². The molecule has 2 aliphatic carbocycles. The molecule has 0 N–H and O–H groups in total. The molecule has 0 fully saturated rings. The average molecular weight is 712 g/mol. The van der Waals surface area contributed by atoms with Gasteiger partial charge < -0.3 is 0 Å². The second-order valence-electron chi connectivity index (χ2n) is 15.0. The Morgan fingerprint density at radius 1 is 0.286 bits per heavy atom. The molecule has 2 unspecified atom stereocenters. The van der Waals surface area contributed by atoms with Crippen molar-refractivity contribution < 1.29 is 0 Å². The number of hydrogen-bond donors (Lipinski definition) is 0. The van der Waals surface area contributed by atoms with Crippen molar-refractivity contribution in [3.8, 4) is 67.0 Å². The maximum atomic E-state index is 5.33. The molecule has 0 bridgehead atoms. The van der Waals surface area contributed by atoms with Crippen LogP contribution in [0.25, 0.3) is 67.0 Å². The summed E-state index contributed by atoms with van der Waals surface area (Å²) in [7, 11) is 0. The van der Waals surface area contributed by atoms with Crippen LogP contribution in [0.3, 0.4) is 0 Å². The fraction of sp³-hybridized carbons (Fsp3) is 0.0364. The number of aromatic nitrogens is 1. The van der Waals surface area contributed by atoms with Gasteiger partial charge in [0.2, 0.25) is 0 Å². The van der Waals surface area contributed by atoms with Crippen LogP contribution >= 0.6 is 0 Å². The SMILES string of the molecule is c1ccc(-c2cc(-c3ccccc3)nc(-c3cccc(C4c5ccccc5-c5cc6c(c(-c7ccccc7)c54)C(c4ccccc4)c4ccccc4-6)c3)c2)cc1. The molecule has 0 saturated carbocycles. The number of benzene rings is 8. The van der Waals surface area contributed by atoms with Gasteiger partial charge in [-0.2, -0.15) is 0 Å². The summed E-state index contributed by atoms with van der Waals surface area (Å²) in [6.45, 7) is 0. The topological polar surface area (TPSA) is 12.9 Å². The molecule has 1 heteroatoms. The summed E-state index contributed by atoms with van der Waals surface area (Å²) in [6.07, 6.45) is 0. The Morgan fingerprint density at radius 2 is 0.732 bits per heavy atom. The van der Waals surface area contributed by atoms with E-state index in [2.05, 4.69) is 212 Å². The Balaban J connectivity index is 1.16. The third-order valence-electron chi connectivity index (χ3n) is 11.8. The van der Waals surface area contributed by atoms with Crippen LogP contribution in [0.15, 0.2) is 212 Å². The van der Waals surface area contributed by atoms with Gasteiger partial charge in [0.15, 0.2) is 0 Å². The molecule has 262 valence electrons. The highest BCUT2D eigenvalue weighted by Gasteiger charge is 2.40. The normalized spacial score (nSPS) is 14.8. The van der Waals surface area contributed by atoms with Crippen LogP contribution in [0.5, 0.6) is 0 Å². The monoisotopic (exact) mass is 711 g/mol. The van der Waals surface area contributed by atoms with E-state index in [1.54, 1.807) is 0 Å². The molecule has 1 aromatic heterocycles. The summed E-state index contributed by atoms with van der Waals surface area (Å²) < 4.78 is 0. The van der Waals surface area contributed by atoms with E-state index in [4.69, 9.17) is 4.98 Å². The Labute approximate surface area is 328 Å². The first-order valence-corrected chi connectivity index (χ1v) is 19.5. The first-order valence-electron chi connectivity index (χ1n) is 19.5. The third kappa shape index (κ3) is 5.27. The van der Waals surface area contributed by atoms with Gasteiger partial charge in [-0.1, -0.05) is 188 Å². The van der Waals surface area contributed by atoms with E-state index in [0.717, 1.165) is 28.1 Å². The van der Waals surface area contributed by atoms with Gasteiger partial charge in [0.25, 0.3) is 0 Å². The van der Waals surface area contributed by atoms with Crippen LogP contribution in [-0.4, -0.2) is 4.98 Å². The summed E-state index contributed by atoms with van der Waals surface area (Å²) in [5.74, 6) is 0.160. The van der Waals surface area contributed by atoms with Gasteiger partial charge >= 0.3 is 0 Å². The minimum absolute atomic E-state index is 0.0349. The standard InChI is InChI=1S/C55H37N/c1-5-18-36(19-6-1)42-33-49(37-20-7-2-8-21-37)56-50(34-42)40-26-17-27-41(32-40)52-46-31-16-14-29-44(46)48-35-47-43-28-13-15-30-45(43)51(38-22-9-3-10-23-38)54(47)53(55(48)52)39-24-11-4-12-25-39/h1-35,51-52H. The van der Waals surface area contributed by atoms with E-state index in [1.165, 1.54) is 72.3 Å². The Kier molecular flexibility index (Phi) is 7.70. The third-order valence-corrected chi connectivity index (χ3v) is 11.8. The number of nitrogens with zero attached hydrogens (tertiary/aromatic N) is 1. The zero-order valence-electron chi connectivity index (χ0n) is 30.8. The maximum absolute atomic E-state index is 5.33. The zero-order valence-corrected chi connectivity index (χ0v) is 30.8. The lowest BCUT2D eigenvalue weighted by Gasteiger charge is -2.25. The van der Waals surface area contributed by atoms with Crippen LogP contribution in [0, 0.1) is 0 Å². The molecule has 0 aliphatic heterocycles. The Morgan fingerprint density at radius 3 is 1.34 bits per heavy atom. The van der Waals surface area contributed by atoms with E-state index in [1.807, 2.05) is 0 Å². The van der Waals surface area contributed by atoms with Crippen molar-refractivity contribution in [3.63, 3.8) is 0 Å². The molecule has 0 radical (unpaired) electrons. The largest absolute Gasteiger partial charge is 0.248 e. The van der Waals surface area contributed by atoms with Gasteiger partial charge in [-0.3, -0.25) is 0 Å². The quantitative estimate of drug-likeness (QED) is 0.167. The lowest BCUT2D eigenvalue weighted by atomic mass is 9.78. The zero-order chi connectivity index (χ0) is 37.0. The molecule has 2 atom stereocenters. The molecule has 0 amide bonds. The van der Waals surface area contributed by atoms with Crippen LogP contribution in [0.2, 0.25) is 0 Å². The molecule has 2 aliphatic rings. The number of fused-ring (bicyclic) bond motifs is 6. The summed E-state index contributed by atoms with van der Waals surface area (Å²) in [5.41, 5.74) is 22.5. The number of hydrogen-bond acceptors (Lipinski definition) is 1. The molecule has 56 heavy (non-hydrogen) atoms. The van der Waals surface area contributed by atoms with Crippen molar-refractivity contribution in [2.24, 2.45) is 0 Å². The molecule has 1 nitrogen and oxygen atoms in total. The van der Waals surface area contributed by atoms with E-state index < -0.39 is 0 Å². The molecule has 11 rings (SSSR count). The first-order chi connectivity index (χ1) is 27.8. The highest BCUT2D eigenvalue weighted by molar-refractivity contribution is 5.98. The smallest absolute Gasteiger partial charge is 0.0715 e. The van der Waals surface area contributed by atoms with Gasteiger partial charge in [0, 0.05) is 23.0 Å². The number of pyridine rings is 1. The molecule has 0 spiro atoms. The molecule has 0 saturated heterocycles. The predicted molar refractivity (Wildman–Crippen MR) is 232 cm³/mol. The van der Waals surface area contributed by atoms with Gasteiger partial charge in [0.05, 0.1) is 11.4 Å². The van der Waals surface area contributed by atoms with Crippen LogP contribution < -0.4 is 0 Å². The molecule has 1 heterocycles. The van der Waals surface area contributed by atoms with Crippen molar-refractivity contribution in [1.29, 1.82) is 0 Å². The minimum Gasteiger partial charge on any atom is -0.248 e. The predicted octanol–water partition coefficient (Wildman–Crippen LogP) is 14.1. The fourth-order valence-corrected chi connectivity index (χ4v) is 9.42. The lowest BCUT2D eigenvalue weighted by molar-refractivity contribution is 0.985. The number of rotatable bonds is 6. The second kappa shape index (κ2) is 13.3. The van der Waals surface area contributed by atoms with E-state index >= 15 is 0 Å². The lowest BCUT2D eigenvalue weighted by Crippen LogP contribution is -2.07. The van der Waals surface area contributed by atoms with Crippen molar-refractivity contribution in [3.05, 3.63) is 246 Å². The van der Waals surface area contributed by atoms with Crippen LogP contribution in [-0.2, 0) is 0 Å². The van der Waals surface area contributed by atoms with Crippen molar-refractivity contribution in [1.82, 2.24) is 4.98 Å². The van der Waals surface area contributed by atoms with Crippen molar-refractivity contribution in [2.75, 3.05) is 0 Å². The summed E-state index contributed by atoms with van der Waals surface area (Å²) >= 11 is 0. The summed E-state index contributed by atoms with van der Waals surface area (Å²) in [6, 6.07) is 77.7. The molecular formula is C55H37N. The molecule has 8 aromatic carbocycles. The Hall–Kier alpha value is -7.09. The highest BCUT2D eigenvalue weighted by atomic mass is 14.7. The van der Waals surface area contributed by atoms with E-state index in [-0.39, 0.29) is 11.8 Å². The van der Waals surface area contributed by atoms with Gasteiger partial charge in [-0.25, -0.2) is 4.98 Å². The van der Waals surface area contributed by atoms with E-state index in [0.29, 0.717) is 0 Å². The second-order valence-corrected chi connectivity index (χ2v) is 15.0. The summed E-state index contributed by atoms with van der Waals surface area (Å²) in [4.78, 5) is 5.33. The molecular weight excluding hydrogens is 675 g/mol. The fourth-order valence-electron chi connectivity index (χ4n) is 9.42. The maximum Gasteiger partial charge on any atom is 0.0715 e. The van der Waals surface area contributed by atoms with Crippen LogP contribution in [0.1, 0.15) is 45.2 Å². The highest BCUT2D eigenvalue weighted by Crippen LogP contribution is 2.60. The van der Waals surface area contributed by atoms with Gasteiger partial charge in [-0.05, 0) is 102 Å². The van der Waals surface area contributed by atoms with Gasteiger partial charge in [0.1, 0.15) is 0 Å². The van der Waals surface area contributed by atoms with Crippen molar-refractivity contribution in [2.45, 2.75) is 11.8 Å². The van der Waals surface area contributed by atoms with Crippen LogP contribution in [0.4, 0.5) is 0 Å². The Bertz CT molecular complexity index is 2840. The minimum atomic E-state index is 0.0349. The van der Waals surface area contributed by atoms with Crippen molar-refractivity contribution >= 4 is 0 Å². The molecule has 9 aromatic rings. The summed E-state index contributed by atoms with van der Waals surface area (Å²) in [5, 5.41) is 0. The average Bonchev–Trinajstić information content (AvgIpc) is 3.79. The first kappa shape index (κ1) is 32.3. The van der Waals surface area contributed by atoms with E-state index in [9.17, 15) is 0 Å².